The molecule has 0 heterocycles. The van der Waals surface area contributed by atoms with Crippen LogP contribution in [0.2, 0.25) is 0 Å². The molecule has 8 nitrogen and oxygen atoms in total. The fraction of sp³-hybridized carbons (Fsp3) is 0.241. The van der Waals surface area contributed by atoms with E-state index in [0.717, 1.165) is 5.56 Å². The molecule has 0 radical (unpaired) electrons. The molecule has 1 atom stereocenters. The predicted octanol–water partition coefficient (Wildman–Crippen LogP) is 4.44. The van der Waals surface area contributed by atoms with E-state index in [9.17, 15) is 14.4 Å². The van der Waals surface area contributed by atoms with E-state index in [1.807, 2.05) is 49.4 Å². The van der Waals surface area contributed by atoms with Gasteiger partial charge in [-0.3, -0.25) is 14.4 Å². The molecule has 3 aromatic carbocycles. The lowest BCUT2D eigenvalue weighted by Crippen LogP contribution is -2.36. The van der Waals surface area contributed by atoms with Gasteiger partial charge in [0.15, 0.2) is 6.61 Å². The van der Waals surface area contributed by atoms with Crippen molar-refractivity contribution in [3.63, 3.8) is 0 Å². The summed E-state index contributed by atoms with van der Waals surface area (Å²) in [5.74, 6) is -0.758. The molecule has 0 aliphatic carbocycles. The largest absolute Gasteiger partial charge is 0.494 e. The molecule has 0 aliphatic rings. The summed E-state index contributed by atoms with van der Waals surface area (Å²) in [5, 5.41) is 11.9. The summed E-state index contributed by atoms with van der Waals surface area (Å²) in [7, 11) is 0. The third-order valence-electron chi connectivity index (χ3n) is 5.48. The van der Waals surface area contributed by atoms with Crippen LogP contribution >= 0.6 is 0 Å². The first-order valence-corrected chi connectivity index (χ1v) is 12.0. The number of carbonyl (C=O) groups excluding carboxylic acids is 3. The van der Waals surface area contributed by atoms with Crippen LogP contribution in [-0.4, -0.2) is 37.5 Å². The highest BCUT2D eigenvalue weighted by Gasteiger charge is 2.22. The maximum Gasteiger partial charge on any atom is 0.308 e. The Bertz CT molecular complexity index is 1210. The molecule has 8 heteroatoms. The second kappa shape index (κ2) is 14.0. The van der Waals surface area contributed by atoms with E-state index in [1.165, 1.54) is 4.90 Å². The number of rotatable bonds is 12. The fourth-order valence-corrected chi connectivity index (χ4v) is 3.66. The van der Waals surface area contributed by atoms with Crippen LogP contribution in [0, 0.1) is 11.3 Å². The van der Waals surface area contributed by atoms with Gasteiger partial charge >= 0.3 is 5.97 Å². The van der Waals surface area contributed by atoms with Gasteiger partial charge in [-0.05, 0) is 48.9 Å². The summed E-state index contributed by atoms with van der Waals surface area (Å²) in [4.78, 5) is 39.8. The molecular weight excluding hydrogens is 470 g/mol. The van der Waals surface area contributed by atoms with Crippen LogP contribution in [0.15, 0.2) is 84.9 Å². The zero-order chi connectivity index (χ0) is 26.5. The Kier molecular flexibility index (Phi) is 10.2. The Morgan fingerprint density at radius 1 is 0.946 bits per heavy atom. The predicted molar refractivity (Wildman–Crippen MR) is 139 cm³/mol. The molecule has 0 fully saturated rings. The summed E-state index contributed by atoms with van der Waals surface area (Å²) in [6.45, 7) is 2.05. The van der Waals surface area contributed by atoms with Crippen LogP contribution in [0.25, 0.3) is 0 Å². The minimum absolute atomic E-state index is 0.120. The van der Waals surface area contributed by atoms with E-state index in [0.29, 0.717) is 23.6 Å². The number of benzene rings is 3. The molecule has 1 unspecified atom stereocenters. The van der Waals surface area contributed by atoms with Gasteiger partial charge < -0.3 is 19.7 Å². The molecule has 37 heavy (non-hydrogen) atoms. The summed E-state index contributed by atoms with van der Waals surface area (Å²) in [6, 6.07) is 26.1. The average molecular weight is 500 g/mol. The SMILES string of the molecule is CCOc1ccc(N(CCC#N)C(=O)COC(=O)CC(NC(=O)c2ccccc2)c2ccccc2)cc1. The number of hydrogen-bond acceptors (Lipinski definition) is 6. The lowest BCUT2D eigenvalue weighted by molar-refractivity contribution is -0.148. The molecule has 0 aliphatic heterocycles. The van der Waals surface area contributed by atoms with Gasteiger partial charge in [0.2, 0.25) is 0 Å². The molecule has 0 saturated carbocycles. The number of nitrogens with one attached hydrogen (secondary N) is 1. The van der Waals surface area contributed by atoms with Gasteiger partial charge in [0.25, 0.3) is 11.8 Å². The molecular formula is C29H29N3O5. The average Bonchev–Trinajstić information content (AvgIpc) is 2.93. The maximum absolute atomic E-state index is 12.9. The molecule has 0 aromatic heterocycles. The first-order valence-electron chi connectivity index (χ1n) is 12.0. The second-order valence-electron chi connectivity index (χ2n) is 8.05. The van der Waals surface area contributed by atoms with Crippen LogP contribution in [0.1, 0.15) is 41.7 Å². The smallest absolute Gasteiger partial charge is 0.308 e. The lowest BCUT2D eigenvalue weighted by atomic mass is 10.0. The number of carbonyl (C=O) groups is 3. The molecule has 1 N–H and O–H groups in total. The summed E-state index contributed by atoms with van der Waals surface area (Å²) >= 11 is 0. The van der Waals surface area contributed by atoms with E-state index in [-0.39, 0.29) is 25.3 Å². The van der Waals surface area contributed by atoms with Crippen molar-refractivity contribution in [3.8, 4) is 11.8 Å². The number of nitrogens with zero attached hydrogens (tertiary/aromatic N) is 2. The minimum Gasteiger partial charge on any atom is -0.494 e. The van der Waals surface area contributed by atoms with Crippen molar-refractivity contribution in [3.05, 3.63) is 96.1 Å². The van der Waals surface area contributed by atoms with E-state index >= 15 is 0 Å². The van der Waals surface area contributed by atoms with Crippen LogP contribution in [-0.2, 0) is 14.3 Å². The van der Waals surface area contributed by atoms with Crippen molar-refractivity contribution in [1.82, 2.24) is 5.32 Å². The van der Waals surface area contributed by atoms with Gasteiger partial charge in [-0.1, -0.05) is 48.5 Å². The molecule has 190 valence electrons. The third-order valence-corrected chi connectivity index (χ3v) is 5.48. The van der Waals surface area contributed by atoms with E-state index in [2.05, 4.69) is 5.32 Å². The van der Waals surface area contributed by atoms with Crippen LogP contribution in [0.4, 0.5) is 5.69 Å². The van der Waals surface area contributed by atoms with Gasteiger partial charge in [0.05, 0.1) is 31.6 Å². The van der Waals surface area contributed by atoms with Crippen molar-refractivity contribution in [2.24, 2.45) is 0 Å². The highest BCUT2D eigenvalue weighted by Crippen LogP contribution is 2.21. The number of esters is 1. The number of amides is 2. The molecule has 3 aromatic rings. The summed E-state index contributed by atoms with van der Waals surface area (Å²) in [6.07, 6.45) is -0.0361. The number of nitriles is 1. The van der Waals surface area contributed by atoms with Crippen LogP contribution in [0.3, 0.4) is 0 Å². The fourth-order valence-electron chi connectivity index (χ4n) is 3.66. The van der Waals surface area contributed by atoms with Gasteiger partial charge in [0, 0.05) is 17.8 Å². The summed E-state index contributed by atoms with van der Waals surface area (Å²) in [5.41, 5.74) is 1.77. The first-order chi connectivity index (χ1) is 18.0. The van der Waals surface area contributed by atoms with Crippen LogP contribution in [0.5, 0.6) is 5.75 Å². The minimum atomic E-state index is -0.641. The van der Waals surface area contributed by atoms with Crippen molar-refractivity contribution in [1.29, 1.82) is 5.26 Å². The van der Waals surface area contributed by atoms with E-state index in [4.69, 9.17) is 14.7 Å². The molecule has 0 spiro atoms. The van der Waals surface area contributed by atoms with E-state index < -0.39 is 24.5 Å². The van der Waals surface area contributed by atoms with Crippen molar-refractivity contribution in [2.45, 2.75) is 25.8 Å². The van der Waals surface area contributed by atoms with Gasteiger partial charge in [-0.25, -0.2) is 0 Å². The van der Waals surface area contributed by atoms with Crippen molar-refractivity contribution in [2.75, 3.05) is 24.7 Å². The second-order valence-corrected chi connectivity index (χ2v) is 8.05. The number of hydrogen-bond donors (Lipinski definition) is 1. The zero-order valence-corrected chi connectivity index (χ0v) is 20.6. The highest BCUT2D eigenvalue weighted by molar-refractivity contribution is 5.96. The Hall–Kier alpha value is -4.64. The zero-order valence-electron chi connectivity index (χ0n) is 20.6. The maximum atomic E-state index is 12.9. The van der Waals surface area contributed by atoms with Crippen molar-refractivity contribution >= 4 is 23.5 Å². The molecule has 3 rings (SSSR count). The Morgan fingerprint density at radius 3 is 2.22 bits per heavy atom. The standard InChI is InChI=1S/C29H29N3O5/c1-2-36-25-16-14-24(15-17-25)32(19-9-18-30)27(33)21-37-28(34)20-26(22-10-5-3-6-11-22)31-29(35)23-12-7-4-8-13-23/h3-8,10-17,26H,2,9,19-21H2,1H3,(H,31,35). The quantitative estimate of drug-likeness (QED) is 0.369. The lowest BCUT2D eigenvalue weighted by Gasteiger charge is -2.22. The van der Waals surface area contributed by atoms with Crippen molar-refractivity contribution < 1.29 is 23.9 Å². The van der Waals surface area contributed by atoms with Crippen LogP contribution < -0.4 is 15.0 Å². The number of anilines is 1. The molecule has 0 saturated heterocycles. The third kappa shape index (κ3) is 8.22. The van der Waals surface area contributed by atoms with E-state index in [1.54, 1.807) is 48.5 Å². The monoisotopic (exact) mass is 499 g/mol. The van der Waals surface area contributed by atoms with Gasteiger partial charge in [0.1, 0.15) is 5.75 Å². The Labute approximate surface area is 216 Å². The summed E-state index contributed by atoms with van der Waals surface area (Å²) < 4.78 is 10.7. The first kappa shape index (κ1) is 27.0. The highest BCUT2D eigenvalue weighted by atomic mass is 16.5. The number of ether oxygens (including phenoxy) is 2. The Balaban J connectivity index is 1.65. The molecule has 2 amide bonds. The Morgan fingerprint density at radius 2 is 1.59 bits per heavy atom. The topological polar surface area (TPSA) is 109 Å². The van der Waals surface area contributed by atoms with Gasteiger partial charge in [-0.2, -0.15) is 5.26 Å². The van der Waals surface area contributed by atoms with Gasteiger partial charge in [-0.15, -0.1) is 0 Å². The molecule has 0 bridgehead atoms. The normalized spacial score (nSPS) is 11.0.